The van der Waals surface area contributed by atoms with Crippen LogP contribution in [0.2, 0.25) is 0 Å². The maximum atomic E-state index is 9.97. The molecule has 1 N–H and O–H groups in total. The number of carbonyl (C=O) groups excluding carboxylic acids is 1. The van der Waals surface area contributed by atoms with Crippen molar-refractivity contribution >= 4 is 6.09 Å². The molecule has 0 spiro atoms. The molecule has 0 unspecified atom stereocenters. The van der Waals surface area contributed by atoms with E-state index in [-0.39, 0.29) is 0 Å². The summed E-state index contributed by atoms with van der Waals surface area (Å²) >= 11 is 0. The van der Waals surface area contributed by atoms with E-state index in [1.165, 1.54) is 14.1 Å². The van der Waals surface area contributed by atoms with E-state index < -0.39 is 6.09 Å². The van der Waals surface area contributed by atoms with Crippen LogP contribution in [0.25, 0.3) is 0 Å². The summed E-state index contributed by atoms with van der Waals surface area (Å²) in [6.45, 7) is 0. The van der Waals surface area contributed by atoms with Gasteiger partial charge < -0.3 is 4.90 Å². The zero-order chi connectivity index (χ0) is 5.86. The first kappa shape index (κ1) is 6.23. The molecule has 1 amide bonds. The molecule has 7 heavy (non-hydrogen) atoms. The summed E-state index contributed by atoms with van der Waals surface area (Å²) in [4.78, 5) is 14.4. The fraction of sp³-hybridized carbons (Fsp3) is 0.667. The highest BCUT2D eigenvalue weighted by Crippen LogP contribution is 1.78. The lowest BCUT2D eigenvalue weighted by molar-refractivity contribution is -0.185. The lowest BCUT2D eigenvalue weighted by Gasteiger charge is -2.03. The Balaban J connectivity index is 3.35. The molecule has 0 heterocycles. The summed E-state index contributed by atoms with van der Waals surface area (Å²) in [6, 6.07) is 0. The van der Waals surface area contributed by atoms with Crippen molar-refractivity contribution in [1.82, 2.24) is 4.90 Å². The van der Waals surface area contributed by atoms with Gasteiger partial charge in [0.1, 0.15) is 0 Å². The van der Waals surface area contributed by atoms with E-state index in [9.17, 15) is 4.79 Å². The third kappa shape index (κ3) is 1.99. The van der Waals surface area contributed by atoms with Crippen molar-refractivity contribution < 1.29 is 14.9 Å². The van der Waals surface area contributed by atoms with E-state index in [4.69, 9.17) is 5.26 Å². The van der Waals surface area contributed by atoms with Crippen LogP contribution >= 0.6 is 0 Å². The summed E-state index contributed by atoms with van der Waals surface area (Å²) in [5.74, 6) is 0. The Bertz CT molecular complexity index is 70.6. The van der Waals surface area contributed by atoms with Gasteiger partial charge in [0.05, 0.1) is 0 Å². The van der Waals surface area contributed by atoms with E-state index >= 15 is 0 Å². The predicted molar refractivity (Wildman–Crippen MR) is 22.8 cm³/mol. The summed E-state index contributed by atoms with van der Waals surface area (Å²) in [5.41, 5.74) is 0. The molecule has 0 saturated carbocycles. The molecule has 4 heteroatoms. The van der Waals surface area contributed by atoms with Crippen LogP contribution < -0.4 is 0 Å². The van der Waals surface area contributed by atoms with Crippen molar-refractivity contribution in [3.63, 3.8) is 0 Å². The topological polar surface area (TPSA) is 49.8 Å². The molecule has 0 bridgehead atoms. The molecule has 0 saturated heterocycles. The van der Waals surface area contributed by atoms with Gasteiger partial charge in [-0.25, -0.2) is 4.79 Å². The SMILES string of the molecule is CN(C)C(=O)OO. The van der Waals surface area contributed by atoms with Crippen LogP contribution in [0.5, 0.6) is 0 Å². The van der Waals surface area contributed by atoms with E-state index in [0.717, 1.165) is 4.90 Å². The number of amides is 1. The minimum atomic E-state index is -0.764. The molecule has 0 aliphatic heterocycles. The van der Waals surface area contributed by atoms with Crippen molar-refractivity contribution in [3.05, 3.63) is 0 Å². The quantitative estimate of drug-likeness (QED) is 0.352. The van der Waals surface area contributed by atoms with Gasteiger partial charge in [-0.15, -0.1) is 0 Å². The van der Waals surface area contributed by atoms with Crippen molar-refractivity contribution in [2.75, 3.05) is 14.1 Å². The van der Waals surface area contributed by atoms with Gasteiger partial charge in [0, 0.05) is 14.1 Å². The fourth-order valence-corrected chi connectivity index (χ4v) is 0.0816. The van der Waals surface area contributed by atoms with Crippen LogP contribution in [0.1, 0.15) is 0 Å². The smallest absolute Gasteiger partial charge is 0.312 e. The Morgan fingerprint density at radius 1 is 1.71 bits per heavy atom. The summed E-state index contributed by atoms with van der Waals surface area (Å²) in [7, 11) is 2.94. The molecule has 0 radical (unpaired) electrons. The molecule has 0 atom stereocenters. The second-order valence-corrected chi connectivity index (χ2v) is 1.25. The van der Waals surface area contributed by atoms with Gasteiger partial charge in [0.15, 0.2) is 0 Å². The van der Waals surface area contributed by atoms with Crippen LogP contribution in [0.15, 0.2) is 0 Å². The molecule has 42 valence electrons. The van der Waals surface area contributed by atoms with E-state index in [1.807, 2.05) is 0 Å². The number of hydrogen-bond acceptors (Lipinski definition) is 3. The Morgan fingerprint density at radius 3 is 2.14 bits per heavy atom. The summed E-state index contributed by atoms with van der Waals surface area (Å²) < 4.78 is 0. The monoisotopic (exact) mass is 105 g/mol. The molecular formula is C3H7NO3. The van der Waals surface area contributed by atoms with Gasteiger partial charge in [-0.05, 0) is 0 Å². The zero-order valence-electron chi connectivity index (χ0n) is 4.21. The predicted octanol–water partition coefficient (Wildman–Crippen LogP) is 0.158. The molecule has 0 rings (SSSR count). The molecule has 0 fully saturated rings. The standard InChI is InChI=1S/C3H7NO3/c1-4(2)3(5)7-6/h6H,1-2H3. The summed E-state index contributed by atoms with van der Waals surface area (Å²) in [6.07, 6.45) is -0.764. The Labute approximate surface area is 41.2 Å². The highest BCUT2D eigenvalue weighted by molar-refractivity contribution is 5.65. The average molecular weight is 105 g/mol. The van der Waals surface area contributed by atoms with Crippen LogP contribution in [0.4, 0.5) is 4.79 Å². The van der Waals surface area contributed by atoms with Crippen molar-refractivity contribution in [2.45, 2.75) is 0 Å². The van der Waals surface area contributed by atoms with Crippen molar-refractivity contribution in [2.24, 2.45) is 0 Å². The number of carbonyl (C=O) groups is 1. The average Bonchev–Trinajstić information content (AvgIpc) is 1.65. The lowest BCUT2D eigenvalue weighted by Crippen LogP contribution is -2.21. The molecule has 0 aromatic carbocycles. The Morgan fingerprint density at radius 2 is 2.14 bits per heavy atom. The first-order valence-corrected chi connectivity index (χ1v) is 1.71. The molecule has 0 aromatic heterocycles. The van der Waals surface area contributed by atoms with Gasteiger partial charge in [-0.3, -0.25) is 4.89 Å². The Kier molecular flexibility index (Phi) is 2.15. The van der Waals surface area contributed by atoms with Gasteiger partial charge >= 0.3 is 6.09 Å². The molecule has 0 aromatic rings. The lowest BCUT2D eigenvalue weighted by atomic mass is 10.9. The third-order valence-electron chi connectivity index (χ3n) is 0.443. The minimum absolute atomic E-state index is 0.764. The van der Waals surface area contributed by atoms with Gasteiger partial charge in [-0.1, -0.05) is 0 Å². The third-order valence-corrected chi connectivity index (χ3v) is 0.443. The maximum absolute atomic E-state index is 9.97. The van der Waals surface area contributed by atoms with Crippen molar-refractivity contribution in [3.8, 4) is 0 Å². The highest BCUT2D eigenvalue weighted by atomic mass is 17.1. The zero-order valence-corrected chi connectivity index (χ0v) is 4.21. The van der Waals surface area contributed by atoms with E-state index in [1.54, 1.807) is 0 Å². The van der Waals surface area contributed by atoms with Crippen LogP contribution in [0.3, 0.4) is 0 Å². The van der Waals surface area contributed by atoms with Crippen molar-refractivity contribution in [1.29, 1.82) is 0 Å². The number of rotatable bonds is 0. The van der Waals surface area contributed by atoms with E-state index in [2.05, 4.69) is 4.89 Å². The van der Waals surface area contributed by atoms with Gasteiger partial charge in [-0.2, -0.15) is 5.26 Å². The maximum Gasteiger partial charge on any atom is 0.440 e. The molecule has 0 aliphatic rings. The second-order valence-electron chi connectivity index (χ2n) is 1.25. The molecular weight excluding hydrogens is 98.0 g/mol. The first-order chi connectivity index (χ1) is 3.18. The minimum Gasteiger partial charge on any atom is -0.312 e. The number of nitrogens with zero attached hydrogens (tertiary/aromatic N) is 1. The van der Waals surface area contributed by atoms with Crippen LogP contribution in [-0.4, -0.2) is 30.3 Å². The largest absolute Gasteiger partial charge is 0.440 e. The second kappa shape index (κ2) is 2.41. The van der Waals surface area contributed by atoms with Crippen LogP contribution in [0, 0.1) is 0 Å². The van der Waals surface area contributed by atoms with Gasteiger partial charge in [0.25, 0.3) is 0 Å². The van der Waals surface area contributed by atoms with Gasteiger partial charge in [0.2, 0.25) is 0 Å². The Hall–Kier alpha value is -0.770. The van der Waals surface area contributed by atoms with Crippen LogP contribution in [-0.2, 0) is 4.89 Å². The first-order valence-electron chi connectivity index (χ1n) is 1.71. The summed E-state index contributed by atoms with van der Waals surface area (Å²) in [5, 5.41) is 7.61. The molecule has 4 nitrogen and oxygen atoms in total. The number of hydrogen-bond donors (Lipinski definition) is 1. The molecule has 0 aliphatic carbocycles. The van der Waals surface area contributed by atoms with E-state index in [0.29, 0.717) is 0 Å². The highest BCUT2D eigenvalue weighted by Gasteiger charge is 1.99. The fourth-order valence-electron chi connectivity index (χ4n) is 0.0816. The normalized spacial score (nSPS) is 7.86.